The molecule has 4 nitrogen and oxygen atoms in total. The summed E-state index contributed by atoms with van der Waals surface area (Å²) in [6, 6.07) is 61.0. The number of hydrogen-bond acceptors (Lipinski definition) is 4. The topological polar surface area (TPSA) is 51.8 Å². The maximum atomic E-state index is 6.50. The van der Waals surface area contributed by atoms with Gasteiger partial charge in [-0.2, -0.15) is 0 Å². The molecule has 0 radical (unpaired) electrons. The Bertz CT molecular complexity index is 2900. The average molecular weight is 652 g/mol. The highest BCUT2D eigenvalue weighted by molar-refractivity contribution is 6.10. The van der Waals surface area contributed by atoms with Crippen LogP contribution in [-0.2, 0) is 0 Å². The molecule has 2 heterocycles. The summed E-state index contributed by atoms with van der Waals surface area (Å²) in [4.78, 5) is 15.8. The quantitative estimate of drug-likeness (QED) is 0.186. The van der Waals surface area contributed by atoms with Gasteiger partial charge in [0.15, 0.2) is 17.5 Å². The molecule has 0 amide bonds. The van der Waals surface area contributed by atoms with Crippen LogP contribution < -0.4 is 0 Å². The smallest absolute Gasteiger partial charge is 0.167 e. The van der Waals surface area contributed by atoms with Crippen molar-refractivity contribution < 1.29 is 4.42 Å². The van der Waals surface area contributed by atoms with Crippen LogP contribution in [0.2, 0.25) is 0 Å². The van der Waals surface area contributed by atoms with Crippen molar-refractivity contribution in [2.24, 2.45) is 0 Å². The largest absolute Gasteiger partial charge is 0.455 e. The second kappa shape index (κ2) is 11.9. The first-order chi connectivity index (χ1) is 25.3. The molecule has 2 aromatic heterocycles. The third-order valence-corrected chi connectivity index (χ3v) is 9.76. The van der Waals surface area contributed by atoms with E-state index in [4.69, 9.17) is 19.4 Å². The number of hydrogen-bond donors (Lipinski definition) is 0. The van der Waals surface area contributed by atoms with Crippen LogP contribution in [0, 0.1) is 0 Å². The number of para-hydroxylation sites is 2. The maximum Gasteiger partial charge on any atom is 0.167 e. The van der Waals surface area contributed by atoms with Crippen molar-refractivity contribution in [3.05, 3.63) is 176 Å². The maximum absolute atomic E-state index is 6.50. The van der Waals surface area contributed by atoms with E-state index in [1.165, 1.54) is 10.8 Å². The van der Waals surface area contributed by atoms with Gasteiger partial charge in [0.1, 0.15) is 11.2 Å². The normalized spacial score (nSPS) is 11.5. The van der Waals surface area contributed by atoms with Crippen molar-refractivity contribution in [1.82, 2.24) is 15.0 Å². The fourth-order valence-corrected chi connectivity index (χ4v) is 7.30. The van der Waals surface area contributed by atoms with Gasteiger partial charge in [0, 0.05) is 21.9 Å². The molecule has 10 aromatic rings. The predicted octanol–water partition coefficient (Wildman–Crippen LogP) is 12.4. The number of fused-ring (bicyclic) bond motifs is 5. The molecule has 0 saturated carbocycles. The number of aromatic nitrogens is 3. The Hall–Kier alpha value is -6.91. The number of benzene rings is 8. The number of furan rings is 1. The molecule has 51 heavy (non-hydrogen) atoms. The van der Waals surface area contributed by atoms with Crippen LogP contribution in [-0.4, -0.2) is 15.0 Å². The summed E-state index contributed by atoms with van der Waals surface area (Å²) in [7, 11) is 0. The van der Waals surface area contributed by atoms with Crippen molar-refractivity contribution in [2.45, 2.75) is 0 Å². The van der Waals surface area contributed by atoms with E-state index in [1.54, 1.807) is 0 Å². The Balaban J connectivity index is 1.26. The monoisotopic (exact) mass is 651 g/mol. The molecule has 0 aliphatic heterocycles. The molecule has 0 aliphatic carbocycles. The lowest BCUT2D eigenvalue weighted by Crippen LogP contribution is -2.02. The third-order valence-electron chi connectivity index (χ3n) is 9.76. The van der Waals surface area contributed by atoms with Gasteiger partial charge >= 0.3 is 0 Å². The molecule has 0 spiro atoms. The first-order valence-corrected chi connectivity index (χ1v) is 17.1. The van der Waals surface area contributed by atoms with E-state index in [2.05, 4.69) is 146 Å². The number of nitrogens with zero attached hydrogens (tertiary/aromatic N) is 3. The lowest BCUT2D eigenvalue weighted by molar-refractivity contribution is 0.669. The van der Waals surface area contributed by atoms with Gasteiger partial charge in [-0.1, -0.05) is 164 Å². The lowest BCUT2D eigenvalue weighted by atomic mass is 9.90. The van der Waals surface area contributed by atoms with E-state index >= 15 is 0 Å². The minimum Gasteiger partial charge on any atom is -0.455 e. The van der Waals surface area contributed by atoms with E-state index in [0.717, 1.165) is 71.7 Å². The van der Waals surface area contributed by atoms with Gasteiger partial charge in [-0.3, -0.25) is 0 Å². The van der Waals surface area contributed by atoms with Crippen LogP contribution in [0.5, 0.6) is 0 Å². The van der Waals surface area contributed by atoms with Crippen molar-refractivity contribution in [2.75, 3.05) is 0 Å². The van der Waals surface area contributed by atoms with Crippen molar-refractivity contribution in [3.8, 4) is 56.4 Å². The summed E-state index contributed by atoms with van der Waals surface area (Å²) in [6.07, 6.45) is 0. The van der Waals surface area contributed by atoms with Crippen molar-refractivity contribution in [3.63, 3.8) is 0 Å². The first-order valence-electron chi connectivity index (χ1n) is 17.1. The summed E-state index contributed by atoms with van der Waals surface area (Å²) in [5, 5.41) is 6.64. The Morgan fingerprint density at radius 2 is 0.882 bits per heavy atom. The van der Waals surface area contributed by atoms with E-state index in [1.807, 2.05) is 30.3 Å². The van der Waals surface area contributed by atoms with E-state index in [0.29, 0.717) is 17.5 Å². The molecule has 4 heteroatoms. The standard InChI is InChI=1S/C47H29N3O/c1-2-12-30(13-3-1)31-24-26-34(27-25-31)45-48-46(41-22-11-21-40-38-19-8-9-23-42(38)51-44(40)41)50-47(49-45)43-36-18-7-5-15-33(36)28-29-39(43)37-20-10-16-32-14-4-6-17-35(32)37/h1-29H. The van der Waals surface area contributed by atoms with Crippen LogP contribution in [0.15, 0.2) is 180 Å². The highest BCUT2D eigenvalue weighted by Gasteiger charge is 2.21. The van der Waals surface area contributed by atoms with E-state index < -0.39 is 0 Å². The van der Waals surface area contributed by atoms with Gasteiger partial charge in [-0.15, -0.1) is 0 Å². The SMILES string of the molecule is c1ccc(-c2ccc(-c3nc(-c4c(-c5cccc6ccccc56)ccc5ccccc45)nc(-c4cccc5c4oc4ccccc45)n3)cc2)cc1. The summed E-state index contributed by atoms with van der Waals surface area (Å²) < 4.78 is 6.50. The second-order valence-electron chi connectivity index (χ2n) is 12.8. The highest BCUT2D eigenvalue weighted by atomic mass is 16.3. The van der Waals surface area contributed by atoms with Gasteiger partial charge in [0.2, 0.25) is 0 Å². The molecule has 0 unspecified atom stereocenters. The zero-order valence-corrected chi connectivity index (χ0v) is 27.5. The van der Waals surface area contributed by atoms with Crippen LogP contribution in [0.4, 0.5) is 0 Å². The minimum absolute atomic E-state index is 0.559. The first kappa shape index (κ1) is 29.0. The molecule has 238 valence electrons. The predicted molar refractivity (Wildman–Crippen MR) is 209 cm³/mol. The van der Waals surface area contributed by atoms with Gasteiger partial charge < -0.3 is 4.42 Å². The summed E-state index contributed by atoms with van der Waals surface area (Å²) >= 11 is 0. The molecule has 8 aromatic carbocycles. The van der Waals surface area contributed by atoms with Crippen molar-refractivity contribution in [1.29, 1.82) is 0 Å². The Labute approximate surface area is 294 Å². The molecular formula is C47H29N3O. The van der Waals surface area contributed by atoms with Crippen LogP contribution in [0.3, 0.4) is 0 Å². The molecule has 0 bridgehead atoms. The molecule has 0 atom stereocenters. The van der Waals surface area contributed by atoms with Gasteiger partial charge in [-0.05, 0) is 55.9 Å². The lowest BCUT2D eigenvalue weighted by Gasteiger charge is -2.16. The summed E-state index contributed by atoms with van der Waals surface area (Å²) in [5.74, 6) is 1.76. The Morgan fingerprint density at radius 3 is 1.73 bits per heavy atom. The van der Waals surface area contributed by atoms with Gasteiger partial charge in [0.25, 0.3) is 0 Å². The molecule has 0 saturated heterocycles. The van der Waals surface area contributed by atoms with Gasteiger partial charge in [0.05, 0.1) is 5.56 Å². The third kappa shape index (κ3) is 4.96. The second-order valence-corrected chi connectivity index (χ2v) is 12.8. The van der Waals surface area contributed by atoms with E-state index in [-0.39, 0.29) is 0 Å². The molecule has 10 rings (SSSR count). The molecule has 0 N–H and O–H groups in total. The minimum atomic E-state index is 0.559. The summed E-state index contributed by atoms with van der Waals surface area (Å²) in [5.41, 5.74) is 8.77. The average Bonchev–Trinajstić information content (AvgIpc) is 3.59. The van der Waals surface area contributed by atoms with Crippen LogP contribution in [0.25, 0.3) is 99.9 Å². The van der Waals surface area contributed by atoms with Crippen molar-refractivity contribution >= 4 is 43.5 Å². The fourth-order valence-electron chi connectivity index (χ4n) is 7.30. The molecule has 0 fully saturated rings. The van der Waals surface area contributed by atoms with Crippen LogP contribution >= 0.6 is 0 Å². The summed E-state index contributed by atoms with van der Waals surface area (Å²) in [6.45, 7) is 0. The highest BCUT2D eigenvalue weighted by Crippen LogP contribution is 2.41. The fraction of sp³-hybridized carbons (Fsp3) is 0. The Kier molecular flexibility index (Phi) is 6.78. The molecular weight excluding hydrogens is 623 g/mol. The van der Waals surface area contributed by atoms with Gasteiger partial charge in [-0.25, -0.2) is 15.0 Å². The zero-order chi connectivity index (χ0) is 33.7. The zero-order valence-electron chi connectivity index (χ0n) is 27.5. The van der Waals surface area contributed by atoms with E-state index in [9.17, 15) is 0 Å². The number of rotatable bonds is 5. The Morgan fingerprint density at radius 1 is 0.314 bits per heavy atom. The van der Waals surface area contributed by atoms with Crippen LogP contribution in [0.1, 0.15) is 0 Å². The molecule has 0 aliphatic rings.